The Morgan fingerprint density at radius 1 is 1.71 bits per heavy atom. The normalized spacial score (nSPS) is 21.8. The number of hydrogen-bond acceptors (Lipinski definition) is 6. The molecule has 0 bridgehead atoms. The predicted molar refractivity (Wildman–Crippen MR) is 69.7 cm³/mol. The smallest absolute Gasteiger partial charge is 0.197 e. The molecular formula is C11H19N3O2S. The summed E-state index contributed by atoms with van der Waals surface area (Å²) in [6.07, 6.45) is 0.738. The van der Waals surface area contributed by atoms with Crippen LogP contribution in [-0.4, -0.2) is 35.3 Å². The number of nitrogens with zero attached hydrogens (tertiary/aromatic N) is 2. The zero-order valence-corrected chi connectivity index (χ0v) is 11.0. The molecule has 2 unspecified atom stereocenters. The van der Waals surface area contributed by atoms with E-state index in [1.54, 1.807) is 0 Å². The van der Waals surface area contributed by atoms with Crippen molar-refractivity contribution in [2.75, 3.05) is 30.3 Å². The van der Waals surface area contributed by atoms with Gasteiger partial charge in [-0.2, -0.15) is 4.37 Å². The first-order valence-electron chi connectivity index (χ1n) is 5.94. The van der Waals surface area contributed by atoms with Gasteiger partial charge in [0.2, 0.25) is 0 Å². The van der Waals surface area contributed by atoms with E-state index in [0.29, 0.717) is 24.1 Å². The minimum absolute atomic E-state index is 0.263. The molecule has 0 radical (unpaired) electrons. The Kier molecular flexibility index (Phi) is 3.73. The van der Waals surface area contributed by atoms with E-state index >= 15 is 0 Å². The minimum atomic E-state index is -0.263. The molecule has 1 saturated heterocycles. The summed E-state index contributed by atoms with van der Waals surface area (Å²) in [5.74, 6) is 1.49. The average Bonchev–Trinajstić information content (AvgIpc) is 2.87. The van der Waals surface area contributed by atoms with Gasteiger partial charge in [-0.3, -0.25) is 0 Å². The molecule has 6 heteroatoms. The number of aromatic nitrogens is 1. The van der Waals surface area contributed by atoms with Crippen molar-refractivity contribution in [3.05, 3.63) is 0 Å². The highest BCUT2D eigenvalue weighted by Crippen LogP contribution is 2.40. The molecule has 1 aliphatic rings. The van der Waals surface area contributed by atoms with Gasteiger partial charge in [-0.05, 0) is 31.8 Å². The fraction of sp³-hybridized carbons (Fsp3) is 0.727. The van der Waals surface area contributed by atoms with E-state index in [-0.39, 0.29) is 6.10 Å². The predicted octanol–water partition coefficient (Wildman–Crippen LogP) is 1.33. The monoisotopic (exact) mass is 257 g/mol. The van der Waals surface area contributed by atoms with Crippen LogP contribution in [0.5, 0.6) is 5.75 Å². The Hall–Kier alpha value is -1.01. The second-order valence-electron chi connectivity index (χ2n) is 4.37. The van der Waals surface area contributed by atoms with Crippen LogP contribution in [0.3, 0.4) is 0 Å². The molecule has 2 atom stereocenters. The van der Waals surface area contributed by atoms with Gasteiger partial charge in [0.15, 0.2) is 16.6 Å². The third-order valence-electron chi connectivity index (χ3n) is 3.14. The third-order valence-corrected chi connectivity index (χ3v) is 4.04. The summed E-state index contributed by atoms with van der Waals surface area (Å²) in [4.78, 5) is 2.20. The first kappa shape index (κ1) is 12.4. The van der Waals surface area contributed by atoms with Crippen LogP contribution in [0.4, 0.5) is 10.8 Å². The van der Waals surface area contributed by atoms with Gasteiger partial charge in [-0.1, -0.05) is 0 Å². The molecule has 1 aromatic heterocycles. The van der Waals surface area contributed by atoms with Crippen LogP contribution in [-0.2, 0) is 0 Å². The number of ether oxygens (including phenoxy) is 1. The fourth-order valence-corrected chi connectivity index (χ4v) is 2.93. The Bertz CT molecular complexity index is 381. The zero-order valence-electron chi connectivity index (χ0n) is 10.2. The van der Waals surface area contributed by atoms with Gasteiger partial charge in [0.05, 0.1) is 12.7 Å². The first-order valence-corrected chi connectivity index (χ1v) is 6.71. The van der Waals surface area contributed by atoms with Crippen molar-refractivity contribution in [1.82, 2.24) is 4.37 Å². The Balaban J connectivity index is 2.13. The summed E-state index contributed by atoms with van der Waals surface area (Å²) in [5.41, 5.74) is 5.79. The van der Waals surface area contributed by atoms with E-state index in [0.717, 1.165) is 24.5 Å². The molecule has 17 heavy (non-hydrogen) atoms. The molecule has 0 amide bonds. The Morgan fingerprint density at radius 3 is 3.06 bits per heavy atom. The van der Waals surface area contributed by atoms with Crippen molar-refractivity contribution in [3.8, 4) is 5.75 Å². The van der Waals surface area contributed by atoms with Gasteiger partial charge in [0, 0.05) is 19.0 Å². The highest BCUT2D eigenvalue weighted by Gasteiger charge is 2.29. The van der Waals surface area contributed by atoms with Crippen molar-refractivity contribution in [2.45, 2.75) is 26.4 Å². The number of rotatable bonds is 4. The Morgan fingerprint density at radius 2 is 2.47 bits per heavy atom. The summed E-state index contributed by atoms with van der Waals surface area (Å²) in [5, 5.41) is 10.6. The van der Waals surface area contributed by atoms with Gasteiger partial charge in [-0.15, -0.1) is 0 Å². The molecule has 0 saturated carbocycles. The van der Waals surface area contributed by atoms with Crippen LogP contribution >= 0.6 is 11.5 Å². The average molecular weight is 257 g/mol. The number of hydrogen-bond donors (Lipinski definition) is 2. The Labute approximate surface area is 105 Å². The number of aliphatic hydroxyl groups is 1. The van der Waals surface area contributed by atoms with Crippen LogP contribution in [0, 0.1) is 5.92 Å². The van der Waals surface area contributed by atoms with E-state index < -0.39 is 0 Å². The number of anilines is 2. The van der Waals surface area contributed by atoms with E-state index in [2.05, 4.69) is 9.27 Å². The maximum Gasteiger partial charge on any atom is 0.197 e. The highest BCUT2D eigenvalue weighted by atomic mass is 32.1. The fourth-order valence-electron chi connectivity index (χ4n) is 2.13. The van der Waals surface area contributed by atoms with E-state index in [1.165, 1.54) is 11.5 Å². The highest BCUT2D eigenvalue weighted by molar-refractivity contribution is 7.11. The van der Waals surface area contributed by atoms with Crippen molar-refractivity contribution >= 4 is 22.4 Å². The topological polar surface area (TPSA) is 71.6 Å². The van der Waals surface area contributed by atoms with Gasteiger partial charge in [0.25, 0.3) is 0 Å². The standard InChI is InChI=1S/C11H19N3O2S/c1-3-16-9-10(12)13-17-11(9)14-5-4-8(6-14)7(2)15/h7-8,15H,3-6H2,1-2H3,(H2,12,13). The lowest BCUT2D eigenvalue weighted by atomic mass is 10.0. The minimum Gasteiger partial charge on any atom is -0.487 e. The van der Waals surface area contributed by atoms with Crippen molar-refractivity contribution in [3.63, 3.8) is 0 Å². The molecule has 1 fully saturated rings. The van der Waals surface area contributed by atoms with Gasteiger partial charge < -0.3 is 20.5 Å². The summed E-state index contributed by atoms with van der Waals surface area (Å²) in [7, 11) is 0. The van der Waals surface area contributed by atoms with Crippen LogP contribution in [0.2, 0.25) is 0 Å². The lowest BCUT2D eigenvalue weighted by Crippen LogP contribution is -2.23. The number of aliphatic hydroxyl groups excluding tert-OH is 1. The summed E-state index contributed by atoms with van der Waals surface area (Å²) < 4.78 is 9.67. The molecule has 0 aliphatic carbocycles. The van der Waals surface area contributed by atoms with Gasteiger partial charge in [0.1, 0.15) is 0 Å². The third kappa shape index (κ3) is 2.47. The quantitative estimate of drug-likeness (QED) is 0.851. The van der Waals surface area contributed by atoms with E-state index in [4.69, 9.17) is 10.5 Å². The largest absolute Gasteiger partial charge is 0.487 e. The summed E-state index contributed by atoms with van der Waals surface area (Å²) in [6.45, 7) is 6.14. The van der Waals surface area contributed by atoms with Gasteiger partial charge in [-0.25, -0.2) is 0 Å². The SMILES string of the molecule is CCOc1c(N)nsc1N1CCC(C(C)O)C1. The second-order valence-corrected chi connectivity index (χ2v) is 5.12. The molecular weight excluding hydrogens is 238 g/mol. The van der Waals surface area contributed by atoms with E-state index in [1.807, 2.05) is 13.8 Å². The molecule has 96 valence electrons. The van der Waals surface area contributed by atoms with E-state index in [9.17, 15) is 5.11 Å². The van der Waals surface area contributed by atoms with Crippen molar-refractivity contribution < 1.29 is 9.84 Å². The molecule has 3 N–H and O–H groups in total. The zero-order chi connectivity index (χ0) is 12.4. The molecule has 1 aromatic rings. The maximum absolute atomic E-state index is 9.60. The molecule has 2 rings (SSSR count). The van der Waals surface area contributed by atoms with Gasteiger partial charge >= 0.3 is 0 Å². The van der Waals surface area contributed by atoms with Crippen molar-refractivity contribution in [2.24, 2.45) is 5.92 Å². The molecule has 1 aliphatic heterocycles. The first-order chi connectivity index (χ1) is 8.13. The molecule has 5 nitrogen and oxygen atoms in total. The number of nitrogen functional groups attached to an aromatic ring is 1. The maximum atomic E-state index is 9.60. The van der Waals surface area contributed by atoms with Crippen LogP contribution in [0.25, 0.3) is 0 Å². The second kappa shape index (κ2) is 5.10. The molecule has 2 heterocycles. The lowest BCUT2D eigenvalue weighted by molar-refractivity contribution is 0.136. The summed E-state index contributed by atoms with van der Waals surface area (Å²) >= 11 is 1.37. The van der Waals surface area contributed by atoms with Crippen LogP contribution in [0.1, 0.15) is 20.3 Å². The lowest BCUT2D eigenvalue weighted by Gasteiger charge is -2.18. The number of nitrogens with two attached hydrogens (primary N) is 1. The van der Waals surface area contributed by atoms with Crippen LogP contribution in [0.15, 0.2) is 0 Å². The molecule has 0 spiro atoms. The molecule has 0 aromatic carbocycles. The van der Waals surface area contributed by atoms with Crippen LogP contribution < -0.4 is 15.4 Å². The van der Waals surface area contributed by atoms with Crippen molar-refractivity contribution in [1.29, 1.82) is 0 Å². The summed E-state index contributed by atoms with van der Waals surface area (Å²) in [6, 6.07) is 0.